The van der Waals surface area contributed by atoms with Crippen molar-refractivity contribution in [2.75, 3.05) is 27.9 Å². The quantitative estimate of drug-likeness (QED) is 0.580. The lowest BCUT2D eigenvalue weighted by Crippen LogP contribution is -2.49. The Hall–Kier alpha value is -1.34. The predicted molar refractivity (Wildman–Crippen MR) is 46.6 cm³/mol. The molecule has 14 heavy (non-hydrogen) atoms. The van der Waals surface area contributed by atoms with Crippen LogP contribution in [-0.4, -0.2) is 56.1 Å². The maximum absolute atomic E-state index is 11.4. The van der Waals surface area contributed by atoms with Crippen molar-refractivity contribution in [3.63, 3.8) is 0 Å². The first kappa shape index (κ1) is 12.7. The van der Waals surface area contributed by atoms with Crippen LogP contribution in [0.4, 0.5) is 4.79 Å². The van der Waals surface area contributed by atoms with Gasteiger partial charge in [-0.2, -0.15) is 0 Å². The molecule has 0 heterocycles. The van der Waals surface area contributed by atoms with Gasteiger partial charge in [0.15, 0.2) is 0 Å². The highest BCUT2D eigenvalue weighted by Gasteiger charge is 2.23. The lowest BCUT2D eigenvalue weighted by molar-refractivity contribution is -0.172. The average Bonchev–Trinajstić information content (AvgIpc) is 2.14. The average molecular weight is 206 g/mol. The van der Waals surface area contributed by atoms with E-state index in [9.17, 15) is 9.59 Å². The lowest BCUT2D eigenvalue weighted by atomic mass is 10.3. The number of ether oxygens (including phenoxy) is 1. The number of nitrogens with one attached hydrogen (secondary N) is 1. The number of methoxy groups -OCH3 is 1. The molecule has 2 amide bonds. The Labute approximate surface area is 81.5 Å². The number of likely N-dealkylation sites (N-methyl/N-ethyl adjacent to an activating group) is 1. The molecule has 0 saturated heterocycles. The summed E-state index contributed by atoms with van der Waals surface area (Å²) in [7, 11) is 4.06. The highest BCUT2D eigenvalue weighted by Crippen LogP contribution is 1.93. The first-order valence-electron chi connectivity index (χ1n) is 3.83. The monoisotopic (exact) mass is 206 g/mol. The zero-order valence-electron chi connectivity index (χ0n) is 8.31. The predicted octanol–water partition coefficient (Wildman–Crippen LogP) is -0.711. The zero-order chi connectivity index (χ0) is 11.1. The molecule has 0 aromatic carbocycles. The van der Waals surface area contributed by atoms with Gasteiger partial charge in [-0.15, -0.1) is 0 Å². The molecule has 0 bridgehead atoms. The van der Waals surface area contributed by atoms with E-state index >= 15 is 0 Å². The first-order valence-corrected chi connectivity index (χ1v) is 3.83. The molecule has 0 saturated carbocycles. The number of rotatable bonds is 5. The summed E-state index contributed by atoms with van der Waals surface area (Å²) in [6, 6.07) is -0.956. The lowest BCUT2D eigenvalue weighted by Gasteiger charge is -2.20. The molecule has 82 valence electrons. The number of hydrogen-bond acceptors (Lipinski definition) is 4. The van der Waals surface area contributed by atoms with Crippen molar-refractivity contribution in [3.8, 4) is 0 Å². The Morgan fingerprint density at radius 1 is 1.50 bits per heavy atom. The normalized spacial score (nSPS) is 11.9. The van der Waals surface area contributed by atoms with Gasteiger partial charge in [0.25, 0.3) is 5.91 Å². The second-order valence-corrected chi connectivity index (χ2v) is 2.48. The summed E-state index contributed by atoms with van der Waals surface area (Å²) >= 11 is 0. The highest BCUT2D eigenvalue weighted by molar-refractivity contribution is 5.84. The molecule has 1 atom stereocenters. The van der Waals surface area contributed by atoms with Crippen molar-refractivity contribution in [1.82, 2.24) is 10.4 Å². The third-order valence-corrected chi connectivity index (χ3v) is 1.51. The molecule has 0 rings (SSSR count). The minimum atomic E-state index is -1.29. The number of amides is 2. The van der Waals surface area contributed by atoms with Crippen LogP contribution in [0, 0.1) is 0 Å². The molecule has 0 fully saturated rings. The minimum absolute atomic E-state index is 0.0428. The third kappa shape index (κ3) is 4.06. The van der Waals surface area contributed by atoms with Crippen LogP contribution >= 0.6 is 0 Å². The van der Waals surface area contributed by atoms with Crippen molar-refractivity contribution < 1.29 is 24.3 Å². The Balaban J connectivity index is 4.31. The molecule has 0 aliphatic carbocycles. The minimum Gasteiger partial charge on any atom is -0.465 e. The van der Waals surface area contributed by atoms with Gasteiger partial charge in [0, 0.05) is 14.2 Å². The molecule has 0 aromatic heterocycles. The van der Waals surface area contributed by atoms with Crippen LogP contribution in [0.5, 0.6) is 0 Å². The van der Waals surface area contributed by atoms with E-state index in [2.05, 4.69) is 4.84 Å². The molecule has 2 N–H and O–H groups in total. The van der Waals surface area contributed by atoms with Gasteiger partial charge in [0.2, 0.25) is 0 Å². The number of carbonyl (C=O) groups is 2. The van der Waals surface area contributed by atoms with Crippen molar-refractivity contribution >= 4 is 12.0 Å². The van der Waals surface area contributed by atoms with Crippen molar-refractivity contribution in [1.29, 1.82) is 0 Å². The molecule has 7 heteroatoms. The fourth-order valence-corrected chi connectivity index (χ4v) is 0.800. The number of carbonyl (C=O) groups excluding carboxylic acids is 1. The van der Waals surface area contributed by atoms with Crippen LogP contribution in [-0.2, 0) is 14.4 Å². The van der Waals surface area contributed by atoms with Crippen LogP contribution < -0.4 is 5.32 Å². The molecule has 0 aromatic rings. The Morgan fingerprint density at radius 2 is 2.07 bits per heavy atom. The van der Waals surface area contributed by atoms with Crippen molar-refractivity contribution in [3.05, 3.63) is 0 Å². The number of hydrogen-bond donors (Lipinski definition) is 2. The summed E-state index contributed by atoms with van der Waals surface area (Å²) in [5.41, 5.74) is 0. The molecule has 0 aliphatic rings. The van der Waals surface area contributed by atoms with Gasteiger partial charge in [0.05, 0.1) is 13.7 Å². The summed E-state index contributed by atoms with van der Waals surface area (Å²) in [5, 5.41) is 11.4. The Kier molecular flexibility index (Phi) is 5.58. The van der Waals surface area contributed by atoms with E-state index in [1.165, 1.54) is 21.3 Å². The zero-order valence-corrected chi connectivity index (χ0v) is 8.31. The van der Waals surface area contributed by atoms with E-state index in [4.69, 9.17) is 9.84 Å². The number of hydroxylamine groups is 2. The third-order valence-electron chi connectivity index (χ3n) is 1.51. The molecule has 0 aliphatic heterocycles. The van der Waals surface area contributed by atoms with Crippen LogP contribution in [0.15, 0.2) is 0 Å². The number of nitrogens with zero attached hydrogens (tertiary/aromatic N) is 1. The molecule has 7 nitrogen and oxygen atoms in total. The van der Waals surface area contributed by atoms with Crippen LogP contribution in [0.3, 0.4) is 0 Å². The second kappa shape index (κ2) is 6.17. The van der Waals surface area contributed by atoms with Crippen molar-refractivity contribution in [2.24, 2.45) is 0 Å². The van der Waals surface area contributed by atoms with Gasteiger partial charge < -0.3 is 15.2 Å². The van der Waals surface area contributed by atoms with Gasteiger partial charge >= 0.3 is 6.09 Å². The van der Waals surface area contributed by atoms with E-state index < -0.39 is 18.0 Å². The molecule has 0 radical (unpaired) electrons. The van der Waals surface area contributed by atoms with Crippen LogP contribution in [0.25, 0.3) is 0 Å². The number of carboxylic acid groups (broad SMARTS) is 1. The summed E-state index contributed by atoms with van der Waals surface area (Å²) in [6.07, 6.45) is -1.29. The standard InChI is InChI=1S/C7H14N2O5/c1-9(14-3)6(10)5(4-13-2)8-7(11)12/h5,8H,4H2,1-3H3,(H,11,12)/t5-/m1/s1. The van der Waals surface area contributed by atoms with Crippen molar-refractivity contribution in [2.45, 2.75) is 6.04 Å². The molecular weight excluding hydrogens is 192 g/mol. The van der Waals surface area contributed by atoms with E-state index in [1.807, 2.05) is 5.32 Å². The smallest absolute Gasteiger partial charge is 0.405 e. The van der Waals surface area contributed by atoms with Crippen LogP contribution in [0.1, 0.15) is 0 Å². The summed E-state index contributed by atoms with van der Waals surface area (Å²) in [5.74, 6) is -0.517. The van der Waals surface area contributed by atoms with Gasteiger partial charge in [0.1, 0.15) is 6.04 Å². The summed E-state index contributed by atoms with van der Waals surface area (Å²) in [6.45, 7) is -0.0428. The molecular formula is C7H14N2O5. The van der Waals surface area contributed by atoms with E-state index in [-0.39, 0.29) is 6.61 Å². The van der Waals surface area contributed by atoms with Gasteiger partial charge in [-0.25, -0.2) is 9.86 Å². The van der Waals surface area contributed by atoms with Gasteiger partial charge in [-0.1, -0.05) is 0 Å². The topological polar surface area (TPSA) is 88.1 Å². The highest BCUT2D eigenvalue weighted by atomic mass is 16.7. The maximum atomic E-state index is 11.4. The fraction of sp³-hybridized carbons (Fsp3) is 0.714. The molecule has 0 spiro atoms. The van der Waals surface area contributed by atoms with E-state index in [1.54, 1.807) is 0 Å². The largest absolute Gasteiger partial charge is 0.465 e. The molecule has 0 unspecified atom stereocenters. The van der Waals surface area contributed by atoms with Gasteiger partial charge in [-0.05, 0) is 0 Å². The summed E-state index contributed by atoms with van der Waals surface area (Å²) < 4.78 is 4.69. The second-order valence-electron chi connectivity index (χ2n) is 2.48. The van der Waals surface area contributed by atoms with E-state index in [0.717, 1.165) is 5.06 Å². The van der Waals surface area contributed by atoms with Crippen LogP contribution in [0.2, 0.25) is 0 Å². The van der Waals surface area contributed by atoms with Gasteiger partial charge in [-0.3, -0.25) is 9.63 Å². The first-order chi connectivity index (χ1) is 6.52. The maximum Gasteiger partial charge on any atom is 0.405 e. The fourth-order valence-electron chi connectivity index (χ4n) is 0.800. The van der Waals surface area contributed by atoms with E-state index in [0.29, 0.717) is 0 Å². The Bertz CT molecular complexity index is 208. The summed E-state index contributed by atoms with van der Waals surface area (Å²) in [4.78, 5) is 26.3. The Morgan fingerprint density at radius 3 is 2.43 bits per heavy atom. The SMILES string of the molecule is COC[C@@H](NC(=O)O)C(=O)N(C)OC.